The fourth-order valence-electron chi connectivity index (χ4n) is 4.26. The molecule has 0 bridgehead atoms. The van der Waals surface area contributed by atoms with Gasteiger partial charge in [0.2, 0.25) is 0 Å². The van der Waals surface area contributed by atoms with Crippen molar-refractivity contribution < 1.29 is 28.6 Å². The molecule has 0 saturated heterocycles. The van der Waals surface area contributed by atoms with Gasteiger partial charge in [-0.25, -0.2) is 14.4 Å². The number of esters is 3. The molecule has 0 fully saturated rings. The monoisotopic (exact) mass is 547 g/mol. The Bertz CT molecular complexity index is 1200. The molecule has 7 nitrogen and oxygen atoms in total. The first-order valence-corrected chi connectivity index (χ1v) is 14.2. The smallest absolute Gasteiger partial charge is 0.346 e. The van der Waals surface area contributed by atoms with Gasteiger partial charge in [-0.05, 0) is 59.2 Å². The summed E-state index contributed by atoms with van der Waals surface area (Å²) in [5.74, 6) is -1.61. The van der Waals surface area contributed by atoms with Crippen LogP contribution in [0.25, 0.3) is 5.57 Å². The van der Waals surface area contributed by atoms with Crippen molar-refractivity contribution in [1.29, 1.82) is 0 Å². The lowest BCUT2D eigenvalue weighted by molar-refractivity contribution is -0.140. The molecular weight excluding hydrogens is 518 g/mol. The minimum atomic E-state index is -0.976. The number of hydrogen-bond acceptors (Lipinski definition) is 10. The third-order valence-corrected chi connectivity index (χ3v) is 10.1. The Morgan fingerprint density at radius 3 is 2.00 bits per heavy atom. The minimum absolute atomic E-state index is 0.170. The topological polar surface area (TPSA) is 90.9 Å². The Kier molecular flexibility index (Phi) is 7.60. The molecule has 0 aromatic heterocycles. The molecule has 0 unspecified atom stereocenters. The fourth-order valence-corrected chi connectivity index (χ4v) is 8.96. The summed E-state index contributed by atoms with van der Waals surface area (Å²) in [5, 5.41) is 3.61. The number of benzene rings is 1. The van der Waals surface area contributed by atoms with Crippen molar-refractivity contribution in [1.82, 2.24) is 0 Å². The van der Waals surface area contributed by atoms with Gasteiger partial charge in [0.05, 0.1) is 30.3 Å². The van der Waals surface area contributed by atoms with Crippen LogP contribution in [-0.2, 0) is 28.6 Å². The van der Waals surface area contributed by atoms with Crippen LogP contribution in [0.1, 0.15) is 45.7 Å². The second kappa shape index (κ2) is 10.2. The first-order valence-electron chi connectivity index (χ1n) is 11.8. The molecular formula is C26H29NO6S3. The second-order valence-electron chi connectivity index (χ2n) is 8.81. The predicted molar refractivity (Wildman–Crippen MR) is 146 cm³/mol. The number of fused-ring (bicyclic) bond motifs is 3. The number of carbonyl (C=O) groups is 3. The molecule has 10 heteroatoms. The van der Waals surface area contributed by atoms with Crippen LogP contribution >= 0.6 is 35.3 Å². The Labute approximate surface area is 223 Å². The average Bonchev–Trinajstić information content (AvgIpc) is 3.19. The van der Waals surface area contributed by atoms with E-state index in [0.717, 1.165) is 27.3 Å². The molecule has 1 aromatic rings. The van der Waals surface area contributed by atoms with Gasteiger partial charge in [-0.1, -0.05) is 47.4 Å². The third kappa shape index (κ3) is 4.70. The van der Waals surface area contributed by atoms with Crippen LogP contribution in [0.5, 0.6) is 0 Å². The molecule has 36 heavy (non-hydrogen) atoms. The maximum atomic E-state index is 13.0. The predicted octanol–water partition coefficient (Wildman–Crippen LogP) is 5.62. The van der Waals surface area contributed by atoms with Crippen molar-refractivity contribution in [2.45, 2.75) is 51.2 Å². The molecule has 3 aliphatic heterocycles. The van der Waals surface area contributed by atoms with Crippen LogP contribution in [0.2, 0.25) is 0 Å². The summed E-state index contributed by atoms with van der Waals surface area (Å²) in [6, 6.07) is 6.16. The van der Waals surface area contributed by atoms with Crippen molar-refractivity contribution in [2.75, 3.05) is 25.1 Å². The number of rotatable bonds is 6. The Hall–Kier alpha value is -2.30. The summed E-state index contributed by atoms with van der Waals surface area (Å²) < 4.78 is 15.0. The number of aryl methyl sites for hydroxylation is 1. The van der Waals surface area contributed by atoms with E-state index in [0.29, 0.717) is 4.91 Å². The van der Waals surface area contributed by atoms with Crippen molar-refractivity contribution in [2.24, 2.45) is 0 Å². The summed E-state index contributed by atoms with van der Waals surface area (Å²) in [5.41, 5.74) is 3.42. The van der Waals surface area contributed by atoms with Crippen molar-refractivity contribution in [3.63, 3.8) is 0 Å². The molecule has 4 rings (SSSR count). The van der Waals surface area contributed by atoms with E-state index in [-0.39, 0.29) is 29.6 Å². The second-order valence-corrected chi connectivity index (χ2v) is 12.6. The van der Waals surface area contributed by atoms with Gasteiger partial charge in [0.25, 0.3) is 0 Å². The summed E-state index contributed by atoms with van der Waals surface area (Å²) in [4.78, 5) is 40.7. The van der Waals surface area contributed by atoms with Gasteiger partial charge in [0, 0.05) is 21.7 Å². The first kappa shape index (κ1) is 26.8. The standard InChI is InChI=1S/C26H29NO6S3/c1-7-31-22(28)17-13-26(35-19(23(29)32-8-2)20(36-26)24(30)33-9-3)18-15-11-10-14(4)12-16(15)27-25(5,6)21(18)34-17/h10-13,27H,7-9H2,1-6H3. The number of ether oxygens (including phenoxy) is 3. The molecule has 192 valence electrons. The van der Waals surface area contributed by atoms with E-state index in [1.807, 2.05) is 25.1 Å². The van der Waals surface area contributed by atoms with Crippen LogP contribution in [0, 0.1) is 6.92 Å². The first-order chi connectivity index (χ1) is 17.1. The third-order valence-electron chi connectivity index (χ3n) is 5.68. The molecule has 0 amide bonds. The summed E-state index contributed by atoms with van der Waals surface area (Å²) in [6.07, 6.45) is 1.82. The molecule has 1 spiro atoms. The molecule has 0 aliphatic carbocycles. The van der Waals surface area contributed by atoms with Gasteiger partial charge in [-0.2, -0.15) is 0 Å². The lowest BCUT2D eigenvalue weighted by Crippen LogP contribution is -2.41. The summed E-state index contributed by atoms with van der Waals surface area (Å²) in [6.45, 7) is 11.9. The zero-order valence-electron chi connectivity index (χ0n) is 21.1. The molecule has 3 aliphatic rings. The van der Waals surface area contributed by atoms with Crippen molar-refractivity contribution >= 4 is 64.5 Å². The molecule has 1 aromatic carbocycles. The highest BCUT2D eigenvalue weighted by molar-refractivity contribution is 8.26. The number of hydrogen-bond donors (Lipinski definition) is 1. The molecule has 1 N–H and O–H groups in total. The maximum Gasteiger partial charge on any atom is 0.346 e. The minimum Gasteiger partial charge on any atom is -0.462 e. The molecule has 0 atom stereocenters. The normalized spacial score (nSPS) is 19.2. The lowest BCUT2D eigenvalue weighted by Gasteiger charge is -2.45. The highest BCUT2D eigenvalue weighted by Gasteiger charge is 2.54. The van der Waals surface area contributed by atoms with E-state index in [9.17, 15) is 14.4 Å². The van der Waals surface area contributed by atoms with E-state index in [4.69, 9.17) is 14.2 Å². The van der Waals surface area contributed by atoms with Crippen LogP contribution in [0.15, 0.2) is 43.9 Å². The van der Waals surface area contributed by atoms with E-state index in [1.165, 1.54) is 35.3 Å². The van der Waals surface area contributed by atoms with Crippen molar-refractivity contribution in [3.8, 4) is 0 Å². The molecule has 0 saturated carbocycles. The lowest BCUT2D eigenvalue weighted by atomic mass is 9.87. The van der Waals surface area contributed by atoms with Crippen LogP contribution < -0.4 is 5.32 Å². The van der Waals surface area contributed by atoms with Crippen LogP contribution in [-0.4, -0.2) is 47.3 Å². The highest BCUT2D eigenvalue weighted by atomic mass is 32.2. The van der Waals surface area contributed by atoms with E-state index >= 15 is 0 Å². The quantitative estimate of drug-likeness (QED) is 0.357. The highest BCUT2D eigenvalue weighted by Crippen LogP contribution is 2.67. The van der Waals surface area contributed by atoms with Gasteiger partial charge in [0.1, 0.15) is 13.9 Å². The van der Waals surface area contributed by atoms with E-state index in [1.54, 1.807) is 20.8 Å². The van der Waals surface area contributed by atoms with E-state index in [2.05, 4.69) is 25.2 Å². The SMILES string of the molecule is CCOC(=O)C1=CC2(SC(C(=O)OCC)=C(C(=O)OCC)S2)C2=C(S1)C(C)(C)Nc1cc(C)ccc12. The van der Waals surface area contributed by atoms with Crippen LogP contribution in [0.4, 0.5) is 5.69 Å². The number of nitrogens with one attached hydrogen (secondary N) is 1. The average molecular weight is 548 g/mol. The fraction of sp³-hybridized carbons (Fsp3) is 0.423. The van der Waals surface area contributed by atoms with Crippen molar-refractivity contribution in [3.05, 3.63) is 55.0 Å². The van der Waals surface area contributed by atoms with Gasteiger partial charge in [-0.15, -0.1) is 0 Å². The maximum absolute atomic E-state index is 13.0. The van der Waals surface area contributed by atoms with Gasteiger partial charge < -0.3 is 19.5 Å². The Morgan fingerprint density at radius 1 is 0.889 bits per heavy atom. The zero-order chi connectivity index (χ0) is 26.3. The largest absolute Gasteiger partial charge is 0.462 e. The number of carbonyl (C=O) groups excluding carboxylic acids is 3. The van der Waals surface area contributed by atoms with Crippen LogP contribution in [0.3, 0.4) is 0 Å². The van der Waals surface area contributed by atoms with E-state index < -0.39 is 27.5 Å². The molecule has 0 radical (unpaired) electrons. The number of thioether (sulfide) groups is 3. The summed E-state index contributed by atoms with van der Waals surface area (Å²) >= 11 is 3.81. The van der Waals surface area contributed by atoms with Gasteiger partial charge in [-0.3, -0.25) is 0 Å². The Balaban J connectivity index is 1.95. The van der Waals surface area contributed by atoms with Gasteiger partial charge >= 0.3 is 17.9 Å². The number of anilines is 1. The Morgan fingerprint density at radius 2 is 1.44 bits per heavy atom. The zero-order valence-corrected chi connectivity index (χ0v) is 23.6. The molecule has 3 heterocycles. The summed E-state index contributed by atoms with van der Waals surface area (Å²) in [7, 11) is 0. The van der Waals surface area contributed by atoms with Gasteiger partial charge in [0.15, 0.2) is 0 Å².